The fraction of sp³-hybridized carbons (Fsp3) is 0.404. The summed E-state index contributed by atoms with van der Waals surface area (Å²) in [7, 11) is 0. The van der Waals surface area contributed by atoms with E-state index in [9.17, 15) is 24.3 Å². The van der Waals surface area contributed by atoms with Crippen molar-refractivity contribution in [3.8, 4) is 5.75 Å². The molecule has 57 heavy (non-hydrogen) atoms. The number of phenols is 1. The van der Waals surface area contributed by atoms with Crippen molar-refractivity contribution in [1.29, 1.82) is 0 Å². The molecule has 1 unspecified atom stereocenters. The van der Waals surface area contributed by atoms with Crippen LogP contribution in [0.2, 0.25) is 0 Å². The van der Waals surface area contributed by atoms with Crippen LogP contribution in [-0.2, 0) is 29.1 Å². The third-order valence-electron chi connectivity index (χ3n) is 13.7. The van der Waals surface area contributed by atoms with E-state index in [1.807, 2.05) is 24.3 Å². The lowest BCUT2D eigenvalue weighted by Crippen LogP contribution is -2.54. The molecule has 0 aromatic heterocycles. The van der Waals surface area contributed by atoms with Crippen LogP contribution in [0.3, 0.4) is 0 Å². The Hall–Kier alpha value is -5.32. The number of amides is 4. The third kappa shape index (κ3) is 6.72. The molecule has 5 heterocycles. The van der Waals surface area contributed by atoms with Gasteiger partial charge in [-0.25, -0.2) is 0 Å². The zero-order valence-corrected chi connectivity index (χ0v) is 32.2. The quantitative estimate of drug-likeness (QED) is 0.216. The molecule has 3 fully saturated rings. The van der Waals surface area contributed by atoms with Crippen molar-refractivity contribution in [1.82, 2.24) is 20.0 Å². The summed E-state index contributed by atoms with van der Waals surface area (Å²) in [6.45, 7) is 8.03. The lowest BCUT2D eigenvalue weighted by atomic mass is 9.69. The Morgan fingerprint density at radius 2 is 1.33 bits per heavy atom. The standard InChI is InChI=1S/C47H49N5O5/c53-37-11-13-39-33(20-37)8-12-38(31-4-2-1-3-5-31)44(39)32-6-9-36(10-7-32)51-18-16-29(17-19-51)23-49-24-30(25-49)26-50-27-34-21-40-41(22-35(34)28-50)47(57)52(46(40)56)42-14-15-43(54)48-45(42)55/h1-7,9-11,13,20-22,29-30,38,42,44,53H,8,12,14-19,23-28H2,(H,48,54,55)/t38-,42?,44+/m1/s1. The number of benzene rings is 4. The number of anilines is 1. The van der Waals surface area contributed by atoms with Gasteiger partial charge in [-0.1, -0.05) is 48.5 Å². The monoisotopic (exact) mass is 763 g/mol. The van der Waals surface area contributed by atoms with Crippen LogP contribution in [0.1, 0.15) is 98.0 Å². The van der Waals surface area contributed by atoms with Gasteiger partial charge in [-0.15, -0.1) is 0 Å². The van der Waals surface area contributed by atoms with Gasteiger partial charge in [0, 0.05) is 70.4 Å². The van der Waals surface area contributed by atoms with Gasteiger partial charge in [0.2, 0.25) is 11.8 Å². The number of carbonyl (C=O) groups is 4. The molecular weight excluding hydrogens is 715 g/mol. The number of aromatic hydroxyl groups is 1. The van der Waals surface area contributed by atoms with E-state index < -0.39 is 23.8 Å². The summed E-state index contributed by atoms with van der Waals surface area (Å²) < 4.78 is 0. The van der Waals surface area contributed by atoms with E-state index in [4.69, 9.17) is 0 Å². The highest BCUT2D eigenvalue weighted by Gasteiger charge is 2.45. The van der Waals surface area contributed by atoms with Gasteiger partial charge in [-0.05, 0) is 120 Å². The Bertz CT molecular complexity index is 2200. The van der Waals surface area contributed by atoms with Crippen LogP contribution in [0, 0.1) is 11.8 Å². The third-order valence-corrected chi connectivity index (χ3v) is 13.7. The van der Waals surface area contributed by atoms with Crippen molar-refractivity contribution in [3.63, 3.8) is 0 Å². The normalized spacial score (nSPS) is 24.3. The molecule has 0 saturated carbocycles. The van der Waals surface area contributed by atoms with Crippen molar-refractivity contribution < 1.29 is 24.3 Å². The van der Waals surface area contributed by atoms with Crippen LogP contribution in [0.4, 0.5) is 5.69 Å². The highest BCUT2D eigenvalue weighted by Crippen LogP contribution is 2.47. The van der Waals surface area contributed by atoms with Crippen LogP contribution in [0.25, 0.3) is 0 Å². The Morgan fingerprint density at radius 3 is 2.02 bits per heavy atom. The number of carbonyl (C=O) groups excluding carboxylic acids is 4. The maximum absolute atomic E-state index is 13.3. The number of hydrogen-bond acceptors (Lipinski definition) is 8. The van der Waals surface area contributed by atoms with E-state index in [2.05, 4.69) is 80.7 Å². The first kappa shape index (κ1) is 36.0. The van der Waals surface area contributed by atoms with Crippen LogP contribution in [0.5, 0.6) is 5.75 Å². The largest absolute Gasteiger partial charge is 0.508 e. The molecule has 10 nitrogen and oxygen atoms in total. The molecule has 10 rings (SSSR count). The fourth-order valence-electron chi connectivity index (χ4n) is 10.8. The van der Waals surface area contributed by atoms with Gasteiger partial charge in [0.15, 0.2) is 0 Å². The number of phenolic OH excluding ortho intramolecular Hbond substituents is 1. The second kappa shape index (κ2) is 14.6. The van der Waals surface area contributed by atoms with Crippen LogP contribution in [-0.4, -0.2) is 88.7 Å². The second-order valence-corrected chi connectivity index (χ2v) is 17.3. The first-order valence-corrected chi connectivity index (χ1v) is 20.8. The Kier molecular flexibility index (Phi) is 9.21. The number of rotatable bonds is 8. The Labute approximate surface area is 333 Å². The summed E-state index contributed by atoms with van der Waals surface area (Å²) in [6, 6.07) is 28.9. The van der Waals surface area contributed by atoms with E-state index in [1.165, 1.54) is 40.8 Å². The molecule has 2 N–H and O–H groups in total. The summed E-state index contributed by atoms with van der Waals surface area (Å²) in [5, 5.41) is 12.5. The topological polar surface area (TPSA) is 114 Å². The summed E-state index contributed by atoms with van der Waals surface area (Å²) >= 11 is 0. The van der Waals surface area contributed by atoms with E-state index in [0.717, 1.165) is 81.2 Å². The molecule has 4 aromatic carbocycles. The summed E-state index contributed by atoms with van der Waals surface area (Å²) in [4.78, 5) is 59.3. The summed E-state index contributed by atoms with van der Waals surface area (Å²) in [5.41, 5.74) is 9.51. The SMILES string of the molecule is O=C1CCC(N2C(=O)c3cc4c(cc3C2=O)CN(CC2CN(CC3CCN(c5ccc([C@@H]6c7ccc(O)cc7CC[C@@H]6c6ccccc6)cc5)CC3)C2)C4)C(=O)N1. The maximum Gasteiger partial charge on any atom is 0.262 e. The molecule has 10 heteroatoms. The van der Waals surface area contributed by atoms with Crippen molar-refractivity contribution >= 4 is 29.3 Å². The zero-order chi connectivity index (χ0) is 38.8. The average molecular weight is 764 g/mol. The Balaban J connectivity index is 0.702. The molecule has 4 amide bonds. The van der Waals surface area contributed by atoms with Crippen LogP contribution in [0.15, 0.2) is 84.9 Å². The summed E-state index contributed by atoms with van der Waals surface area (Å²) in [6.07, 6.45) is 4.72. The van der Waals surface area contributed by atoms with Gasteiger partial charge >= 0.3 is 0 Å². The zero-order valence-electron chi connectivity index (χ0n) is 32.2. The second-order valence-electron chi connectivity index (χ2n) is 17.3. The van der Waals surface area contributed by atoms with Crippen molar-refractivity contribution in [2.75, 3.05) is 44.2 Å². The average Bonchev–Trinajstić information content (AvgIpc) is 3.72. The first-order chi connectivity index (χ1) is 27.8. The molecule has 6 aliphatic rings. The van der Waals surface area contributed by atoms with E-state index in [1.54, 1.807) is 0 Å². The Morgan fingerprint density at radius 1 is 0.649 bits per heavy atom. The molecule has 0 radical (unpaired) electrons. The minimum atomic E-state index is -0.939. The molecule has 5 aliphatic heterocycles. The molecule has 292 valence electrons. The van der Waals surface area contributed by atoms with E-state index in [-0.39, 0.29) is 24.7 Å². The lowest BCUT2D eigenvalue weighted by Gasteiger charge is -2.44. The number of fused-ring (bicyclic) bond motifs is 3. The number of nitrogens with one attached hydrogen (secondary N) is 1. The van der Waals surface area contributed by atoms with Gasteiger partial charge in [0.1, 0.15) is 11.8 Å². The molecular formula is C47H49N5O5. The predicted octanol–water partition coefficient (Wildman–Crippen LogP) is 5.82. The van der Waals surface area contributed by atoms with Crippen molar-refractivity contribution in [2.45, 2.75) is 69.5 Å². The number of hydrogen-bond donors (Lipinski definition) is 2. The van der Waals surface area contributed by atoms with E-state index >= 15 is 0 Å². The number of imide groups is 2. The van der Waals surface area contributed by atoms with Gasteiger partial charge in [0.25, 0.3) is 11.8 Å². The van der Waals surface area contributed by atoms with Crippen molar-refractivity contribution in [2.24, 2.45) is 11.8 Å². The molecule has 0 spiro atoms. The number of likely N-dealkylation sites (tertiary alicyclic amines) is 1. The fourth-order valence-corrected chi connectivity index (χ4v) is 10.8. The van der Waals surface area contributed by atoms with Gasteiger partial charge in [0.05, 0.1) is 11.1 Å². The predicted molar refractivity (Wildman–Crippen MR) is 216 cm³/mol. The molecule has 0 bridgehead atoms. The minimum absolute atomic E-state index is 0.116. The number of piperidine rings is 2. The smallest absolute Gasteiger partial charge is 0.262 e. The number of aryl methyl sites for hydroxylation is 1. The summed E-state index contributed by atoms with van der Waals surface area (Å²) in [5.74, 6) is 0.495. The van der Waals surface area contributed by atoms with Crippen LogP contribution >= 0.6 is 0 Å². The number of nitrogens with zero attached hydrogens (tertiary/aromatic N) is 4. The highest BCUT2D eigenvalue weighted by atomic mass is 16.3. The lowest BCUT2D eigenvalue weighted by molar-refractivity contribution is -0.136. The minimum Gasteiger partial charge on any atom is -0.508 e. The molecule has 3 atom stereocenters. The van der Waals surface area contributed by atoms with Gasteiger partial charge < -0.3 is 14.9 Å². The first-order valence-electron chi connectivity index (χ1n) is 20.8. The van der Waals surface area contributed by atoms with Crippen molar-refractivity contribution in [3.05, 3.63) is 129 Å². The van der Waals surface area contributed by atoms with Gasteiger partial charge in [-0.2, -0.15) is 0 Å². The highest BCUT2D eigenvalue weighted by molar-refractivity contribution is 6.23. The maximum atomic E-state index is 13.3. The molecule has 3 saturated heterocycles. The van der Waals surface area contributed by atoms with E-state index in [0.29, 0.717) is 34.6 Å². The molecule has 4 aromatic rings. The van der Waals surface area contributed by atoms with Gasteiger partial charge in [-0.3, -0.25) is 34.3 Å². The molecule has 1 aliphatic carbocycles. The van der Waals surface area contributed by atoms with Crippen LogP contribution < -0.4 is 10.2 Å².